The molecule has 0 spiro atoms. The van der Waals surface area contributed by atoms with Gasteiger partial charge in [-0.1, -0.05) is 39.7 Å². The maximum atomic E-state index is 13.2. The van der Waals surface area contributed by atoms with Gasteiger partial charge >= 0.3 is 5.97 Å². The van der Waals surface area contributed by atoms with Crippen molar-refractivity contribution >= 4 is 18.1 Å². The van der Waals surface area contributed by atoms with E-state index in [4.69, 9.17) is 9.84 Å². The fourth-order valence-corrected chi connectivity index (χ4v) is 4.79. The van der Waals surface area contributed by atoms with Crippen LogP contribution in [0.3, 0.4) is 0 Å². The minimum Gasteiger partial charge on any atom is -0.481 e. The Balaban J connectivity index is 1.79. The van der Waals surface area contributed by atoms with Crippen LogP contribution in [0.25, 0.3) is 6.20 Å². The highest BCUT2D eigenvalue weighted by molar-refractivity contribution is 5.96. The van der Waals surface area contributed by atoms with Gasteiger partial charge in [0.1, 0.15) is 5.56 Å². The number of carboxylic acids is 1. The number of rotatable bonds is 8. The van der Waals surface area contributed by atoms with E-state index in [9.17, 15) is 9.59 Å². The second-order valence-electron chi connectivity index (χ2n) is 9.49. The van der Waals surface area contributed by atoms with Crippen LogP contribution in [-0.2, 0) is 4.79 Å². The van der Waals surface area contributed by atoms with Gasteiger partial charge in [0.05, 0.1) is 18.7 Å². The molecule has 2 aliphatic rings. The van der Waals surface area contributed by atoms with Gasteiger partial charge in [0.15, 0.2) is 0 Å². The van der Waals surface area contributed by atoms with Crippen molar-refractivity contribution in [3.63, 3.8) is 0 Å². The second kappa shape index (κ2) is 9.67. The van der Waals surface area contributed by atoms with Gasteiger partial charge in [-0.3, -0.25) is 9.59 Å². The van der Waals surface area contributed by atoms with E-state index in [1.807, 2.05) is 13.8 Å². The zero-order valence-corrected chi connectivity index (χ0v) is 18.5. The minimum atomic E-state index is -0.918. The number of hydrogen-bond donors (Lipinski definition) is 2. The van der Waals surface area contributed by atoms with Crippen molar-refractivity contribution in [2.24, 2.45) is 29.6 Å². The lowest BCUT2D eigenvalue weighted by Gasteiger charge is -2.44. The number of aliphatic carboxylic acids is 1. The van der Waals surface area contributed by atoms with Crippen molar-refractivity contribution in [2.75, 3.05) is 6.61 Å². The van der Waals surface area contributed by atoms with Crippen molar-refractivity contribution in [3.05, 3.63) is 17.8 Å². The monoisotopic (exact) mass is 417 g/mol. The zero-order valence-electron chi connectivity index (χ0n) is 18.5. The molecule has 0 saturated heterocycles. The Morgan fingerprint density at radius 3 is 2.80 bits per heavy atom. The number of fused-ring (bicyclic) bond motifs is 2. The minimum absolute atomic E-state index is 0.166. The molecule has 3 rings (SSSR count). The first-order valence-electron chi connectivity index (χ1n) is 11.2. The Bertz CT molecular complexity index is 783. The van der Waals surface area contributed by atoms with Crippen molar-refractivity contribution in [3.8, 4) is 5.88 Å². The molecule has 0 aromatic carbocycles. The topological polar surface area (TPSA) is 93.5 Å². The molecule has 7 nitrogen and oxygen atoms in total. The van der Waals surface area contributed by atoms with Crippen molar-refractivity contribution < 1.29 is 19.4 Å². The normalized spacial score (nSPS) is 27.2. The van der Waals surface area contributed by atoms with E-state index in [2.05, 4.69) is 17.3 Å². The second-order valence-corrected chi connectivity index (χ2v) is 9.49. The quantitative estimate of drug-likeness (QED) is 0.665. The predicted octanol–water partition coefficient (Wildman–Crippen LogP) is 4.05. The SMILES string of the molecule is CC(C)COc1c(C(=O)NC2C(C)CC3CCCC2C3)cnn1/C=C/C(C)C(=O)O. The summed E-state index contributed by atoms with van der Waals surface area (Å²) in [6, 6.07) is 0.179. The number of ether oxygens (including phenoxy) is 1. The van der Waals surface area contributed by atoms with Gasteiger partial charge in [-0.15, -0.1) is 0 Å². The van der Waals surface area contributed by atoms with Gasteiger partial charge < -0.3 is 15.2 Å². The van der Waals surface area contributed by atoms with Crippen LogP contribution < -0.4 is 10.1 Å². The van der Waals surface area contributed by atoms with Gasteiger partial charge in [0.2, 0.25) is 5.88 Å². The van der Waals surface area contributed by atoms with Crippen LogP contribution in [0.4, 0.5) is 0 Å². The molecule has 2 N–H and O–H groups in total. The molecule has 5 atom stereocenters. The van der Waals surface area contributed by atoms with Crippen LogP contribution in [0, 0.1) is 29.6 Å². The predicted molar refractivity (Wildman–Crippen MR) is 115 cm³/mol. The van der Waals surface area contributed by atoms with E-state index in [1.165, 1.54) is 49.1 Å². The molecule has 0 radical (unpaired) electrons. The first kappa shape index (κ1) is 22.4. The molecule has 2 fully saturated rings. The van der Waals surface area contributed by atoms with E-state index in [-0.39, 0.29) is 17.9 Å². The zero-order chi connectivity index (χ0) is 21.8. The number of carbonyl (C=O) groups excluding carboxylic acids is 1. The van der Waals surface area contributed by atoms with Crippen LogP contribution in [0.5, 0.6) is 5.88 Å². The highest BCUT2D eigenvalue weighted by atomic mass is 16.5. The van der Waals surface area contributed by atoms with Gasteiger partial charge in [-0.25, -0.2) is 4.68 Å². The molecule has 2 aliphatic carbocycles. The molecule has 7 heteroatoms. The summed E-state index contributed by atoms with van der Waals surface area (Å²) in [6.45, 7) is 8.34. The summed E-state index contributed by atoms with van der Waals surface area (Å²) in [4.78, 5) is 24.3. The molecule has 1 aromatic heterocycles. The average molecular weight is 418 g/mol. The van der Waals surface area contributed by atoms with E-state index < -0.39 is 11.9 Å². The molecule has 5 unspecified atom stereocenters. The summed E-state index contributed by atoms with van der Waals surface area (Å²) in [5.74, 6) is 0.711. The average Bonchev–Trinajstić information content (AvgIpc) is 3.10. The molecular weight excluding hydrogens is 382 g/mol. The molecule has 0 aliphatic heterocycles. The van der Waals surface area contributed by atoms with Crippen LogP contribution in [0.15, 0.2) is 12.3 Å². The Hall–Kier alpha value is -2.31. The highest BCUT2D eigenvalue weighted by Crippen LogP contribution is 2.42. The van der Waals surface area contributed by atoms with Crippen molar-refractivity contribution in [1.29, 1.82) is 0 Å². The van der Waals surface area contributed by atoms with E-state index in [0.717, 1.165) is 5.92 Å². The molecule has 1 aromatic rings. The molecule has 166 valence electrons. The molecule has 2 saturated carbocycles. The third kappa shape index (κ3) is 5.24. The molecule has 1 amide bonds. The largest absolute Gasteiger partial charge is 0.481 e. The summed E-state index contributed by atoms with van der Waals surface area (Å²) in [5.41, 5.74) is 0.397. The lowest BCUT2D eigenvalue weighted by molar-refractivity contribution is -0.139. The Kier molecular flexibility index (Phi) is 7.21. The molecule has 30 heavy (non-hydrogen) atoms. The first-order chi connectivity index (χ1) is 14.3. The smallest absolute Gasteiger partial charge is 0.310 e. The number of carboxylic acid groups (broad SMARTS) is 1. The Morgan fingerprint density at radius 2 is 2.10 bits per heavy atom. The Labute approximate surface area is 178 Å². The standard InChI is InChI=1S/C23H35N3O4/c1-14(2)13-30-22-19(12-24-26(22)9-8-15(3)23(28)29)21(27)25-20-16(4)10-17-6-5-7-18(20)11-17/h8-9,12,14-18,20H,5-7,10-11,13H2,1-4H3,(H,25,27)(H,28,29)/b9-8+. The first-order valence-corrected chi connectivity index (χ1v) is 11.2. The fourth-order valence-electron chi connectivity index (χ4n) is 4.79. The van der Waals surface area contributed by atoms with Gasteiger partial charge in [-0.05, 0) is 49.9 Å². The van der Waals surface area contributed by atoms with E-state index in [1.54, 1.807) is 13.1 Å². The van der Waals surface area contributed by atoms with Crippen LogP contribution in [0.1, 0.15) is 70.2 Å². The Morgan fingerprint density at radius 1 is 1.33 bits per heavy atom. The third-order valence-electron chi connectivity index (χ3n) is 6.40. The summed E-state index contributed by atoms with van der Waals surface area (Å²) < 4.78 is 7.38. The number of hydrogen-bond acceptors (Lipinski definition) is 4. The number of carbonyl (C=O) groups is 2. The fraction of sp³-hybridized carbons (Fsp3) is 0.696. The number of aromatic nitrogens is 2. The van der Waals surface area contributed by atoms with Crippen LogP contribution >= 0.6 is 0 Å². The lowest BCUT2D eigenvalue weighted by atomic mass is 9.65. The number of amides is 1. The molecule has 1 heterocycles. The highest BCUT2D eigenvalue weighted by Gasteiger charge is 2.39. The van der Waals surface area contributed by atoms with Crippen LogP contribution in [0.2, 0.25) is 0 Å². The third-order valence-corrected chi connectivity index (χ3v) is 6.40. The summed E-state index contributed by atoms with van der Waals surface area (Å²) in [5, 5.41) is 16.6. The lowest BCUT2D eigenvalue weighted by Crippen LogP contribution is -2.49. The summed E-state index contributed by atoms with van der Waals surface area (Å²) in [7, 11) is 0. The maximum Gasteiger partial charge on any atom is 0.310 e. The van der Waals surface area contributed by atoms with Gasteiger partial charge in [-0.2, -0.15) is 5.10 Å². The number of nitrogens with one attached hydrogen (secondary N) is 1. The maximum absolute atomic E-state index is 13.2. The number of nitrogens with zero attached hydrogens (tertiary/aromatic N) is 2. The van der Waals surface area contributed by atoms with Gasteiger partial charge in [0, 0.05) is 12.2 Å². The summed E-state index contributed by atoms with van der Waals surface area (Å²) >= 11 is 0. The van der Waals surface area contributed by atoms with Crippen LogP contribution in [-0.4, -0.2) is 39.4 Å². The van der Waals surface area contributed by atoms with Gasteiger partial charge in [0.25, 0.3) is 5.91 Å². The molecular formula is C23H35N3O4. The summed E-state index contributed by atoms with van der Waals surface area (Å²) in [6.07, 6.45) is 10.7. The van der Waals surface area contributed by atoms with E-state index in [0.29, 0.717) is 29.9 Å². The van der Waals surface area contributed by atoms with Crippen molar-refractivity contribution in [1.82, 2.24) is 15.1 Å². The van der Waals surface area contributed by atoms with Crippen molar-refractivity contribution in [2.45, 2.75) is 65.8 Å². The van der Waals surface area contributed by atoms with E-state index >= 15 is 0 Å². The molecule has 2 bridgehead atoms.